The van der Waals surface area contributed by atoms with Crippen molar-refractivity contribution in [3.63, 3.8) is 0 Å². The van der Waals surface area contributed by atoms with E-state index in [1.54, 1.807) is 0 Å². The number of rotatable bonds is 6. The molecule has 1 aromatic rings. The number of amides is 1. The van der Waals surface area contributed by atoms with Gasteiger partial charge in [0, 0.05) is 17.8 Å². The Balaban J connectivity index is 2.86. The summed E-state index contributed by atoms with van der Waals surface area (Å²) in [7, 11) is 0. The fourth-order valence-electron chi connectivity index (χ4n) is 1.61. The third kappa shape index (κ3) is 5.22. The molecular weight excluding hydrogens is 303 g/mol. The van der Waals surface area contributed by atoms with E-state index in [0.29, 0.717) is 6.54 Å². The van der Waals surface area contributed by atoms with Gasteiger partial charge in [-0.25, -0.2) is 0 Å². The van der Waals surface area contributed by atoms with Gasteiger partial charge in [0.1, 0.15) is 4.99 Å². The van der Waals surface area contributed by atoms with Crippen LogP contribution >= 0.6 is 12.2 Å². The number of benzene rings is 1. The van der Waals surface area contributed by atoms with Crippen LogP contribution < -0.4 is 16.4 Å². The highest BCUT2D eigenvalue weighted by molar-refractivity contribution is 7.80. The van der Waals surface area contributed by atoms with Gasteiger partial charge in [-0.3, -0.25) is 4.79 Å². The topological polar surface area (TPSA) is 67.2 Å². The molecule has 0 saturated heterocycles. The number of hydrogen-bond acceptors (Lipinski definition) is 3. The minimum Gasteiger partial charge on any atom is -0.389 e. The minimum absolute atomic E-state index is 0.107. The Labute approximate surface area is 125 Å². The molecule has 21 heavy (non-hydrogen) atoms. The van der Waals surface area contributed by atoms with Crippen molar-refractivity contribution in [2.75, 3.05) is 18.4 Å². The van der Waals surface area contributed by atoms with Crippen molar-refractivity contribution in [3.8, 4) is 0 Å². The van der Waals surface area contributed by atoms with E-state index in [4.69, 9.17) is 5.73 Å². The van der Waals surface area contributed by atoms with Gasteiger partial charge in [-0.1, -0.05) is 19.1 Å². The molecule has 8 heteroatoms. The second-order valence-corrected chi connectivity index (χ2v) is 4.77. The fraction of sp³-hybridized carbons (Fsp3) is 0.385. The summed E-state index contributed by atoms with van der Waals surface area (Å²) < 4.78 is 38.8. The van der Waals surface area contributed by atoms with Gasteiger partial charge in [0.25, 0.3) is 0 Å². The van der Waals surface area contributed by atoms with E-state index < -0.39 is 11.7 Å². The Morgan fingerprint density at radius 3 is 2.57 bits per heavy atom. The van der Waals surface area contributed by atoms with Gasteiger partial charge in [-0.2, -0.15) is 13.2 Å². The highest BCUT2D eigenvalue weighted by atomic mass is 32.1. The molecule has 0 heterocycles. The SMILES string of the molecule is CCCNC(=O)CNc1ccc(C(N)=S)c(C(F)(F)F)c1. The molecule has 116 valence electrons. The standard InChI is InChI=1S/C13H16F3N3OS/c1-2-5-18-11(20)7-19-8-3-4-9(12(17)21)10(6-8)13(14,15)16/h3-4,6,19H,2,5,7H2,1H3,(H2,17,21)(H,18,20). The number of hydrogen-bond donors (Lipinski definition) is 3. The summed E-state index contributed by atoms with van der Waals surface area (Å²) in [6, 6.07) is 3.48. The summed E-state index contributed by atoms with van der Waals surface area (Å²) in [5.74, 6) is -0.288. The number of halogens is 3. The first-order valence-corrected chi connectivity index (χ1v) is 6.68. The summed E-state index contributed by atoms with van der Waals surface area (Å²) in [5.41, 5.74) is 4.30. The lowest BCUT2D eigenvalue weighted by molar-refractivity contribution is -0.137. The largest absolute Gasteiger partial charge is 0.417 e. The molecule has 0 bridgehead atoms. The predicted octanol–water partition coefficient (Wildman–Crippen LogP) is 2.28. The average Bonchev–Trinajstić information content (AvgIpc) is 2.41. The van der Waals surface area contributed by atoms with Crippen LogP contribution in [0.2, 0.25) is 0 Å². The van der Waals surface area contributed by atoms with E-state index in [1.807, 2.05) is 6.92 Å². The molecule has 0 aliphatic heterocycles. The second-order valence-electron chi connectivity index (χ2n) is 4.33. The van der Waals surface area contributed by atoms with Gasteiger partial charge in [0.15, 0.2) is 0 Å². The van der Waals surface area contributed by atoms with Gasteiger partial charge in [-0.15, -0.1) is 0 Å². The molecule has 0 aliphatic rings. The van der Waals surface area contributed by atoms with Crippen molar-refractivity contribution in [1.82, 2.24) is 5.32 Å². The molecule has 0 aliphatic carbocycles. The second kappa shape index (κ2) is 7.26. The molecular formula is C13H16F3N3OS. The van der Waals surface area contributed by atoms with Crippen molar-refractivity contribution in [2.45, 2.75) is 19.5 Å². The normalized spacial score (nSPS) is 11.0. The third-order valence-electron chi connectivity index (χ3n) is 2.62. The first-order valence-electron chi connectivity index (χ1n) is 6.27. The maximum atomic E-state index is 12.9. The van der Waals surface area contributed by atoms with Crippen LogP contribution in [-0.4, -0.2) is 24.0 Å². The van der Waals surface area contributed by atoms with Crippen LogP contribution in [0.3, 0.4) is 0 Å². The number of nitrogens with two attached hydrogens (primary N) is 1. The lowest BCUT2D eigenvalue weighted by Crippen LogP contribution is -2.30. The van der Waals surface area contributed by atoms with Gasteiger partial charge in [-0.05, 0) is 24.6 Å². The van der Waals surface area contributed by atoms with Crippen LogP contribution in [0.5, 0.6) is 0 Å². The van der Waals surface area contributed by atoms with Crippen molar-refractivity contribution in [2.24, 2.45) is 5.73 Å². The maximum Gasteiger partial charge on any atom is 0.417 e. The Morgan fingerprint density at radius 1 is 1.38 bits per heavy atom. The van der Waals surface area contributed by atoms with E-state index in [9.17, 15) is 18.0 Å². The van der Waals surface area contributed by atoms with Crippen LogP contribution in [0.25, 0.3) is 0 Å². The predicted molar refractivity (Wildman–Crippen MR) is 79.1 cm³/mol. The van der Waals surface area contributed by atoms with Gasteiger partial charge < -0.3 is 16.4 Å². The zero-order valence-electron chi connectivity index (χ0n) is 11.4. The lowest BCUT2D eigenvalue weighted by atomic mass is 10.1. The molecule has 1 aromatic carbocycles. The highest BCUT2D eigenvalue weighted by Crippen LogP contribution is 2.33. The third-order valence-corrected chi connectivity index (χ3v) is 2.84. The van der Waals surface area contributed by atoms with Crippen LogP contribution in [0, 0.1) is 0 Å². The Hall–Kier alpha value is -1.83. The smallest absolute Gasteiger partial charge is 0.389 e. The Bertz CT molecular complexity index is 532. The highest BCUT2D eigenvalue weighted by Gasteiger charge is 2.34. The van der Waals surface area contributed by atoms with E-state index in [-0.39, 0.29) is 28.7 Å². The number of alkyl halides is 3. The molecule has 1 rings (SSSR count). The maximum absolute atomic E-state index is 12.9. The average molecular weight is 319 g/mol. The number of thiocarbonyl (C=S) groups is 1. The first kappa shape index (κ1) is 17.2. The van der Waals surface area contributed by atoms with Crippen molar-refractivity contribution < 1.29 is 18.0 Å². The molecule has 0 saturated carbocycles. The quantitative estimate of drug-likeness (QED) is 0.704. The van der Waals surface area contributed by atoms with E-state index in [0.717, 1.165) is 12.5 Å². The Morgan fingerprint density at radius 2 is 2.05 bits per heavy atom. The van der Waals surface area contributed by atoms with Gasteiger partial charge in [0.05, 0.1) is 12.1 Å². The van der Waals surface area contributed by atoms with Gasteiger partial charge >= 0.3 is 6.18 Å². The zero-order chi connectivity index (χ0) is 16.0. The summed E-state index contributed by atoms with van der Waals surface area (Å²) in [6.07, 6.45) is -3.78. The van der Waals surface area contributed by atoms with Crippen LogP contribution in [0.15, 0.2) is 18.2 Å². The molecule has 0 atom stereocenters. The monoisotopic (exact) mass is 319 g/mol. The Kier molecular flexibility index (Phi) is 5.95. The lowest BCUT2D eigenvalue weighted by Gasteiger charge is -2.14. The first-order chi connectivity index (χ1) is 9.75. The molecule has 0 spiro atoms. The summed E-state index contributed by atoms with van der Waals surface area (Å²) in [5, 5.41) is 5.25. The van der Waals surface area contributed by atoms with E-state index in [1.165, 1.54) is 12.1 Å². The van der Waals surface area contributed by atoms with Crippen LogP contribution in [-0.2, 0) is 11.0 Å². The van der Waals surface area contributed by atoms with Crippen molar-refractivity contribution in [3.05, 3.63) is 29.3 Å². The number of nitrogens with one attached hydrogen (secondary N) is 2. The zero-order valence-corrected chi connectivity index (χ0v) is 12.2. The number of carbonyl (C=O) groups is 1. The number of carbonyl (C=O) groups excluding carboxylic acids is 1. The number of anilines is 1. The van der Waals surface area contributed by atoms with Crippen LogP contribution in [0.1, 0.15) is 24.5 Å². The van der Waals surface area contributed by atoms with Crippen molar-refractivity contribution >= 4 is 28.8 Å². The molecule has 1 amide bonds. The summed E-state index contributed by atoms with van der Waals surface area (Å²) in [6.45, 7) is 2.32. The molecule has 0 unspecified atom stereocenters. The summed E-state index contributed by atoms with van der Waals surface area (Å²) >= 11 is 4.61. The fourth-order valence-corrected chi connectivity index (χ4v) is 1.79. The molecule has 0 radical (unpaired) electrons. The van der Waals surface area contributed by atoms with Crippen molar-refractivity contribution in [1.29, 1.82) is 0 Å². The van der Waals surface area contributed by atoms with Crippen LogP contribution in [0.4, 0.5) is 18.9 Å². The molecule has 4 nitrogen and oxygen atoms in total. The molecule has 4 N–H and O–H groups in total. The van der Waals surface area contributed by atoms with E-state index in [2.05, 4.69) is 22.9 Å². The molecule has 0 fully saturated rings. The van der Waals surface area contributed by atoms with E-state index >= 15 is 0 Å². The minimum atomic E-state index is -4.57. The molecule has 0 aromatic heterocycles. The summed E-state index contributed by atoms with van der Waals surface area (Å²) in [4.78, 5) is 11.1. The van der Waals surface area contributed by atoms with Gasteiger partial charge in [0.2, 0.25) is 5.91 Å².